The van der Waals surface area contributed by atoms with Crippen molar-refractivity contribution < 1.29 is 23.0 Å². The monoisotopic (exact) mass is 282 g/mol. The fourth-order valence-electron chi connectivity index (χ4n) is 1.98. The van der Waals surface area contributed by atoms with Gasteiger partial charge in [0.15, 0.2) is 0 Å². The maximum absolute atomic E-state index is 12.9. The molecule has 2 nitrogen and oxygen atoms in total. The van der Waals surface area contributed by atoms with Crippen molar-refractivity contribution in [2.45, 2.75) is 12.3 Å². The summed E-state index contributed by atoms with van der Waals surface area (Å²) >= 11 is 0. The summed E-state index contributed by atoms with van der Waals surface area (Å²) in [5.41, 5.74) is -0.662. The molecule has 2 aromatic rings. The smallest absolute Gasteiger partial charge is 0.416 e. The molecule has 0 bridgehead atoms. The average Bonchev–Trinajstić information content (AvgIpc) is 2.45. The Labute approximate surface area is 114 Å². The van der Waals surface area contributed by atoms with E-state index in [-0.39, 0.29) is 5.56 Å². The molecule has 1 N–H and O–H groups in total. The number of rotatable bonds is 3. The van der Waals surface area contributed by atoms with E-state index in [0.29, 0.717) is 11.3 Å². The number of methoxy groups -OCH3 is 1. The van der Waals surface area contributed by atoms with Gasteiger partial charge in [-0.05, 0) is 29.3 Å². The van der Waals surface area contributed by atoms with E-state index >= 15 is 0 Å². The van der Waals surface area contributed by atoms with E-state index in [2.05, 4.69) is 0 Å². The number of aliphatic hydroxyl groups excluding tert-OH is 1. The molecule has 0 aliphatic carbocycles. The van der Waals surface area contributed by atoms with Crippen LogP contribution in [0.5, 0.6) is 5.75 Å². The van der Waals surface area contributed by atoms with E-state index in [4.69, 9.17) is 4.74 Å². The minimum Gasteiger partial charge on any atom is -0.497 e. The second-order valence-electron chi connectivity index (χ2n) is 4.26. The Hall–Kier alpha value is -2.01. The molecule has 0 heterocycles. The molecule has 5 heteroatoms. The summed E-state index contributed by atoms with van der Waals surface area (Å²) in [7, 11) is 1.45. The number of halogens is 3. The van der Waals surface area contributed by atoms with Crippen molar-refractivity contribution in [3.05, 3.63) is 65.2 Å². The number of ether oxygens (including phenoxy) is 1. The second kappa shape index (κ2) is 5.54. The Morgan fingerprint density at radius 2 is 1.75 bits per heavy atom. The van der Waals surface area contributed by atoms with Crippen LogP contribution in [0.2, 0.25) is 0 Å². The van der Waals surface area contributed by atoms with Crippen LogP contribution in [-0.2, 0) is 6.18 Å². The van der Waals surface area contributed by atoms with Crippen LogP contribution in [0.4, 0.5) is 13.2 Å². The molecule has 1 atom stereocenters. The van der Waals surface area contributed by atoms with Crippen molar-refractivity contribution >= 4 is 0 Å². The van der Waals surface area contributed by atoms with E-state index in [0.717, 1.165) is 6.07 Å². The summed E-state index contributed by atoms with van der Waals surface area (Å²) in [4.78, 5) is 0. The Morgan fingerprint density at radius 1 is 1.05 bits per heavy atom. The van der Waals surface area contributed by atoms with Gasteiger partial charge in [0.1, 0.15) is 11.9 Å². The van der Waals surface area contributed by atoms with E-state index < -0.39 is 17.8 Å². The molecular weight excluding hydrogens is 269 g/mol. The van der Waals surface area contributed by atoms with Gasteiger partial charge in [-0.15, -0.1) is 0 Å². The molecule has 20 heavy (non-hydrogen) atoms. The maximum atomic E-state index is 12.9. The molecule has 0 radical (unpaired) electrons. The minimum atomic E-state index is -4.50. The van der Waals surface area contributed by atoms with Crippen molar-refractivity contribution in [3.8, 4) is 5.75 Å². The molecule has 0 saturated heterocycles. The molecular formula is C15H13F3O2. The molecule has 0 aliphatic heterocycles. The van der Waals surface area contributed by atoms with E-state index in [1.165, 1.54) is 31.4 Å². The third-order valence-corrected chi connectivity index (χ3v) is 2.97. The summed E-state index contributed by atoms with van der Waals surface area (Å²) in [6.07, 6.45) is -5.86. The molecule has 1 unspecified atom stereocenters. The molecule has 2 aromatic carbocycles. The zero-order chi connectivity index (χ0) is 14.8. The Bertz CT molecular complexity index is 594. The number of hydrogen-bond acceptors (Lipinski definition) is 2. The van der Waals surface area contributed by atoms with E-state index in [1.54, 1.807) is 18.2 Å². The van der Waals surface area contributed by atoms with E-state index in [9.17, 15) is 18.3 Å². The summed E-state index contributed by atoms with van der Waals surface area (Å²) in [5, 5.41) is 10.2. The Kier molecular flexibility index (Phi) is 3.99. The topological polar surface area (TPSA) is 29.5 Å². The molecule has 0 saturated carbocycles. The molecule has 2 rings (SSSR count). The first-order valence-electron chi connectivity index (χ1n) is 5.91. The van der Waals surface area contributed by atoms with Gasteiger partial charge in [-0.3, -0.25) is 0 Å². The maximum Gasteiger partial charge on any atom is 0.416 e. The predicted molar refractivity (Wildman–Crippen MR) is 68.5 cm³/mol. The van der Waals surface area contributed by atoms with Gasteiger partial charge in [-0.25, -0.2) is 0 Å². The zero-order valence-electron chi connectivity index (χ0n) is 10.7. The first-order valence-corrected chi connectivity index (χ1v) is 5.91. The third-order valence-electron chi connectivity index (χ3n) is 2.97. The van der Waals surface area contributed by atoms with Crippen molar-refractivity contribution in [2.24, 2.45) is 0 Å². The van der Waals surface area contributed by atoms with Crippen LogP contribution in [0.3, 0.4) is 0 Å². The molecule has 106 valence electrons. The fraction of sp³-hybridized carbons (Fsp3) is 0.200. The summed E-state index contributed by atoms with van der Waals surface area (Å²) < 4.78 is 43.8. The minimum absolute atomic E-state index is 0.173. The van der Waals surface area contributed by atoms with Crippen LogP contribution in [0.15, 0.2) is 48.5 Å². The molecule has 0 aromatic heterocycles. The van der Waals surface area contributed by atoms with Crippen LogP contribution in [0.1, 0.15) is 22.8 Å². The van der Waals surface area contributed by atoms with Gasteiger partial charge in [-0.2, -0.15) is 13.2 Å². The predicted octanol–water partition coefficient (Wildman–Crippen LogP) is 3.80. The summed E-state index contributed by atoms with van der Waals surface area (Å²) in [6.45, 7) is 0. The van der Waals surface area contributed by atoms with Gasteiger partial charge in [0.05, 0.1) is 12.7 Å². The zero-order valence-corrected chi connectivity index (χ0v) is 10.7. The van der Waals surface area contributed by atoms with Gasteiger partial charge >= 0.3 is 6.18 Å². The first-order chi connectivity index (χ1) is 9.43. The number of aliphatic hydroxyl groups is 1. The van der Waals surface area contributed by atoms with Crippen molar-refractivity contribution in [2.75, 3.05) is 7.11 Å². The highest BCUT2D eigenvalue weighted by Gasteiger charge is 2.34. The second-order valence-corrected chi connectivity index (χ2v) is 4.26. The number of hydrogen-bond donors (Lipinski definition) is 1. The van der Waals surface area contributed by atoms with Crippen LogP contribution < -0.4 is 4.74 Å². The molecule has 0 aliphatic rings. The fourth-order valence-corrected chi connectivity index (χ4v) is 1.98. The standard InChI is InChI=1S/C15H13F3O2/c1-20-11-6-4-5-10(9-11)14(19)12-7-2-3-8-13(12)15(16,17)18/h2-9,14,19H,1H3. The quantitative estimate of drug-likeness (QED) is 0.928. The highest BCUT2D eigenvalue weighted by molar-refractivity contribution is 5.39. The van der Waals surface area contributed by atoms with Crippen LogP contribution >= 0.6 is 0 Å². The lowest BCUT2D eigenvalue weighted by Gasteiger charge is -2.18. The molecule has 0 spiro atoms. The Balaban J connectivity index is 2.45. The number of benzene rings is 2. The van der Waals surface area contributed by atoms with Crippen molar-refractivity contribution in [1.29, 1.82) is 0 Å². The normalized spacial score (nSPS) is 13.1. The lowest BCUT2D eigenvalue weighted by atomic mass is 9.96. The summed E-state index contributed by atoms with van der Waals surface area (Å²) in [5.74, 6) is 0.478. The van der Waals surface area contributed by atoms with Crippen molar-refractivity contribution in [1.82, 2.24) is 0 Å². The lowest BCUT2D eigenvalue weighted by molar-refractivity contribution is -0.139. The van der Waals surface area contributed by atoms with Crippen LogP contribution in [0.25, 0.3) is 0 Å². The van der Waals surface area contributed by atoms with E-state index in [1.807, 2.05) is 0 Å². The Morgan fingerprint density at radius 3 is 2.40 bits per heavy atom. The lowest BCUT2D eigenvalue weighted by Crippen LogP contribution is -2.12. The SMILES string of the molecule is COc1cccc(C(O)c2ccccc2C(F)(F)F)c1. The highest BCUT2D eigenvalue weighted by atomic mass is 19.4. The van der Waals surface area contributed by atoms with Gasteiger partial charge in [0.2, 0.25) is 0 Å². The first kappa shape index (κ1) is 14.4. The number of alkyl halides is 3. The molecule has 0 amide bonds. The van der Waals surface area contributed by atoms with Gasteiger partial charge < -0.3 is 9.84 Å². The van der Waals surface area contributed by atoms with Gasteiger partial charge in [0.25, 0.3) is 0 Å². The largest absolute Gasteiger partial charge is 0.497 e. The third kappa shape index (κ3) is 2.93. The highest BCUT2D eigenvalue weighted by Crippen LogP contribution is 2.36. The van der Waals surface area contributed by atoms with Crippen LogP contribution in [-0.4, -0.2) is 12.2 Å². The van der Waals surface area contributed by atoms with Gasteiger partial charge in [-0.1, -0.05) is 30.3 Å². The average molecular weight is 282 g/mol. The molecule has 0 fully saturated rings. The summed E-state index contributed by atoms with van der Waals surface area (Å²) in [6, 6.07) is 11.3. The van der Waals surface area contributed by atoms with Crippen molar-refractivity contribution in [3.63, 3.8) is 0 Å². The van der Waals surface area contributed by atoms with Gasteiger partial charge in [0, 0.05) is 0 Å². The van der Waals surface area contributed by atoms with Crippen LogP contribution in [0, 0.1) is 0 Å².